The van der Waals surface area contributed by atoms with Crippen LogP contribution in [0.5, 0.6) is 0 Å². The maximum absolute atomic E-state index is 12.0. The second kappa shape index (κ2) is 6.10. The highest BCUT2D eigenvalue weighted by Gasteiger charge is 2.16. The Kier molecular flexibility index (Phi) is 4.18. The van der Waals surface area contributed by atoms with Crippen molar-refractivity contribution in [1.29, 1.82) is 0 Å². The molecule has 2 heterocycles. The largest absolute Gasteiger partial charge is 0.353 e. The first-order valence-corrected chi connectivity index (χ1v) is 8.93. The average molecular weight is 328 g/mol. The minimum Gasteiger partial charge on any atom is -0.353 e. The van der Waals surface area contributed by atoms with Crippen molar-refractivity contribution in [3.8, 4) is 0 Å². The van der Waals surface area contributed by atoms with E-state index < -0.39 is 0 Å². The highest BCUT2D eigenvalue weighted by Crippen LogP contribution is 2.38. The molecule has 2 aromatic heterocycles. The van der Waals surface area contributed by atoms with E-state index in [9.17, 15) is 4.79 Å². The number of nitrogens with zero attached hydrogens (tertiary/aromatic N) is 1. The maximum atomic E-state index is 12.0. The molecule has 1 N–H and O–H groups in total. The smallest absolute Gasteiger partial charge is 0.171 e. The molecule has 0 fully saturated rings. The second-order valence-electron chi connectivity index (χ2n) is 5.04. The predicted octanol–water partition coefficient (Wildman–Crippen LogP) is 5.27. The topological polar surface area (TPSA) is 42.0 Å². The number of nitrogens with one attached hydrogen (secondary N) is 1. The van der Waals surface area contributed by atoms with Gasteiger partial charge in [-0.15, -0.1) is 23.1 Å². The van der Waals surface area contributed by atoms with Gasteiger partial charge in [0, 0.05) is 40.0 Å². The van der Waals surface area contributed by atoms with Crippen LogP contribution >= 0.6 is 23.1 Å². The zero-order valence-corrected chi connectivity index (χ0v) is 14.3. The van der Waals surface area contributed by atoms with Gasteiger partial charge in [0.05, 0.1) is 10.6 Å². The summed E-state index contributed by atoms with van der Waals surface area (Å²) in [5.41, 5.74) is 3.04. The Labute approximate surface area is 137 Å². The molecule has 0 aliphatic carbocycles. The molecule has 0 saturated heterocycles. The van der Waals surface area contributed by atoms with Gasteiger partial charge in [-0.3, -0.25) is 9.78 Å². The van der Waals surface area contributed by atoms with Crippen molar-refractivity contribution in [3.05, 3.63) is 47.1 Å². The summed E-state index contributed by atoms with van der Waals surface area (Å²) in [5.74, 6) is 0.0714. The molecule has 0 radical (unpaired) electrons. The van der Waals surface area contributed by atoms with Gasteiger partial charge in [-0.1, -0.05) is 0 Å². The van der Waals surface area contributed by atoms with Gasteiger partial charge in [-0.2, -0.15) is 0 Å². The highest BCUT2D eigenvalue weighted by molar-refractivity contribution is 7.98. The number of ketones is 1. The minimum absolute atomic E-state index is 0.0714. The summed E-state index contributed by atoms with van der Waals surface area (Å²) in [6, 6.07) is 8.24. The number of thioether (sulfide) groups is 1. The zero-order valence-electron chi connectivity index (χ0n) is 12.6. The third-order valence-electron chi connectivity index (χ3n) is 3.50. The summed E-state index contributed by atoms with van der Waals surface area (Å²) in [5, 5.41) is 4.43. The number of rotatable bonds is 4. The van der Waals surface area contributed by atoms with Crippen molar-refractivity contribution in [2.75, 3.05) is 11.6 Å². The van der Waals surface area contributed by atoms with Crippen LogP contribution < -0.4 is 5.32 Å². The molecule has 3 rings (SSSR count). The molecule has 3 aromatic rings. The number of anilines is 2. The van der Waals surface area contributed by atoms with E-state index in [0.717, 1.165) is 31.9 Å². The summed E-state index contributed by atoms with van der Waals surface area (Å²) >= 11 is 3.23. The van der Waals surface area contributed by atoms with Crippen molar-refractivity contribution < 1.29 is 4.79 Å². The molecule has 0 bridgehead atoms. The summed E-state index contributed by atoms with van der Waals surface area (Å²) in [7, 11) is 0. The van der Waals surface area contributed by atoms with Gasteiger partial charge >= 0.3 is 0 Å². The Morgan fingerprint density at radius 1 is 1.32 bits per heavy atom. The molecule has 0 aliphatic heterocycles. The Morgan fingerprint density at radius 3 is 2.82 bits per heavy atom. The lowest BCUT2D eigenvalue weighted by atomic mass is 10.1. The number of carbonyl (C=O) groups excluding carboxylic acids is 1. The molecule has 112 valence electrons. The lowest BCUT2D eigenvalue weighted by Gasteiger charge is -2.11. The molecule has 0 spiro atoms. The van der Waals surface area contributed by atoms with Gasteiger partial charge in [0.2, 0.25) is 0 Å². The molecule has 0 atom stereocenters. The van der Waals surface area contributed by atoms with E-state index in [0.29, 0.717) is 0 Å². The van der Waals surface area contributed by atoms with E-state index in [2.05, 4.69) is 41.7 Å². The number of carbonyl (C=O) groups is 1. The van der Waals surface area contributed by atoms with Crippen LogP contribution in [0.15, 0.2) is 41.6 Å². The summed E-state index contributed by atoms with van der Waals surface area (Å²) in [6.45, 7) is 3.68. The predicted molar refractivity (Wildman–Crippen MR) is 95.9 cm³/mol. The number of fused-ring (bicyclic) bond motifs is 1. The Morgan fingerprint density at radius 2 is 2.14 bits per heavy atom. The Hall–Kier alpha value is -1.85. The van der Waals surface area contributed by atoms with Crippen molar-refractivity contribution in [1.82, 2.24) is 4.98 Å². The number of Topliss-reactive ketones (excluding diaryl/α,β-unsaturated/α-hetero) is 1. The summed E-state index contributed by atoms with van der Waals surface area (Å²) in [4.78, 5) is 18.1. The van der Waals surface area contributed by atoms with E-state index in [1.807, 2.05) is 12.3 Å². The third-order valence-corrected chi connectivity index (χ3v) is 5.50. The molecular weight excluding hydrogens is 312 g/mol. The first-order valence-electron chi connectivity index (χ1n) is 6.89. The molecule has 0 unspecified atom stereocenters. The van der Waals surface area contributed by atoms with Crippen molar-refractivity contribution >= 4 is 50.3 Å². The quantitative estimate of drug-likeness (QED) is 0.523. The van der Waals surface area contributed by atoms with Gasteiger partial charge < -0.3 is 5.32 Å². The van der Waals surface area contributed by atoms with Crippen molar-refractivity contribution in [2.45, 2.75) is 18.7 Å². The van der Waals surface area contributed by atoms with Crippen molar-refractivity contribution in [3.63, 3.8) is 0 Å². The molecule has 1 aromatic carbocycles. The van der Waals surface area contributed by atoms with Gasteiger partial charge in [-0.05, 0) is 43.0 Å². The van der Waals surface area contributed by atoms with Crippen molar-refractivity contribution in [2.24, 2.45) is 0 Å². The SMILES string of the molecule is CSc1ccc(Nc2c(C(C)=O)sc3ccncc23)c(C)c1. The van der Waals surface area contributed by atoms with Gasteiger partial charge in [0.25, 0.3) is 0 Å². The molecular formula is C17H16N2OS2. The Balaban J connectivity index is 2.10. The van der Waals surface area contributed by atoms with E-state index in [4.69, 9.17) is 0 Å². The summed E-state index contributed by atoms with van der Waals surface area (Å²) in [6.07, 6.45) is 5.63. The van der Waals surface area contributed by atoms with E-state index in [-0.39, 0.29) is 5.78 Å². The molecule has 3 nitrogen and oxygen atoms in total. The molecule has 22 heavy (non-hydrogen) atoms. The Bertz CT molecular complexity index is 855. The third kappa shape index (κ3) is 2.74. The van der Waals surface area contributed by atoms with Crippen LogP contribution in [-0.2, 0) is 0 Å². The molecule has 5 heteroatoms. The maximum Gasteiger partial charge on any atom is 0.171 e. The number of hydrogen-bond donors (Lipinski definition) is 1. The summed E-state index contributed by atoms with van der Waals surface area (Å²) < 4.78 is 1.07. The fraction of sp³-hybridized carbons (Fsp3) is 0.176. The number of hydrogen-bond acceptors (Lipinski definition) is 5. The van der Waals surface area contributed by atoms with Crippen LogP contribution in [0.3, 0.4) is 0 Å². The van der Waals surface area contributed by atoms with E-state index in [1.165, 1.54) is 16.2 Å². The molecule has 0 amide bonds. The van der Waals surface area contributed by atoms with Crippen LogP contribution in [0.25, 0.3) is 10.1 Å². The number of thiophene rings is 1. The fourth-order valence-corrected chi connectivity index (χ4v) is 3.87. The number of aryl methyl sites for hydroxylation is 1. The number of benzene rings is 1. The normalized spacial score (nSPS) is 10.9. The molecule has 0 saturated carbocycles. The average Bonchev–Trinajstić information content (AvgIpc) is 2.88. The van der Waals surface area contributed by atoms with Gasteiger partial charge in [0.1, 0.15) is 0 Å². The second-order valence-corrected chi connectivity index (χ2v) is 6.97. The van der Waals surface area contributed by atoms with E-state index >= 15 is 0 Å². The lowest BCUT2D eigenvalue weighted by molar-refractivity contribution is 0.102. The first-order chi connectivity index (χ1) is 10.6. The number of aromatic nitrogens is 1. The van der Waals surface area contributed by atoms with Gasteiger partial charge in [0.15, 0.2) is 5.78 Å². The van der Waals surface area contributed by atoms with Crippen LogP contribution in [0.2, 0.25) is 0 Å². The van der Waals surface area contributed by atoms with Gasteiger partial charge in [-0.25, -0.2) is 0 Å². The van der Waals surface area contributed by atoms with E-state index in [1.54, 1.807) is 24.9 Å². The minimum atomic E-state index is 0.0714. The standard InChI is InChI=1S/C17H16N2OS2/c1-10-8-12(21-3)4-5-14(10)19-16-13-9-18-7-6-15(13)22-17(16)11(2)20/h4-9,19H,1-3H3. The first kappa shape index (κ1) is 15.1. The van der Waals surface area contributed by atoms with Crippen LogP contribution in [0, 0.1) is 6.92 Å². The number of pyridine rings is 1. The van der Waals surface area contributed by atoms with Crippen LogP contribution in [-0.4, -0.2) is 17.0 Å². The monoisotopic (exact) mass is 328 g/mol. The lowest BCUT2D eigenvalue weighted by Crippen LogP contribution is -1.98. The zero-order chi connectivity index (χ0) is 15.7. The van der Waals surface area contributed by atoms with Crippen LogP contribution in [0.4, 0.5) is 11.4 Å². The highest BCUT2D eigenvalue weighted by atomic mass is 32.2. The molecule has 0 aliphatic rings. The fourth-order valence-electron chi connectivity index (χ4n) is 2.35. The van der Waals surface area contributed by atoms with Crippen LogP contribution in [0.1, 0.15) is 22.2 Å².